The van der Waals surface area contributed by atoms with Gasteiger partial charge < -0.3 is 10.1 Å². The van der Waals surface area contributed by atoms with E-state index in [1.165, 1.54) is 0 Å². The number of benzene rings is 2. The molecule has 2 amide bonds. The lowest BCUT2D eigenvalue weighted by Crippen LogP contribution is -2.65. The van der Waals surface area contributed by atoms with Crippen LogP contribution in [-0.4, -0.2) is 11.8 Å². The third kappa shape index (κ3) is 2.09. The van der Waals surface area contributed by atoms with Gasteiger partial charge in [-0.05, 0) is 37.6 Å². The molecule has 0 spiro atoms. The number of carbonyl (C=O) groups is 1. The van der Waals surface area contributed by atoms with E-state index in [1.54, 1.807) is 4.90 Å². The summed E-state index contributed by atoms with van der Waals surface area (Å²) in [5.41, 5.74) is 1.93. The number of hydrogen-bond acceptors (Lipinski definition) is 2. The lowest BCUT2D eigenvalue weighted by molar-refractivity contribution is 0.0378. The van der Waals surface area contributed by atoms with Crippen LogP contribution in [0.15, 0.2) is 42.5 Å². The lowest BCUT2D eigenvalue weighted by Gasteiger charge is -2.51. The van der Waals surface area contributed by atoms with Crippen molar-refractivity contribution >= 4 is 23.3 Å². The molecule has 0 saturated carbocycles. The summed E-state index contributed by atoms with van der Waals surface area (Å²) in [6.07, 6.45) is 0.682. The highest BCUT2D eigenvalue weighted by molar-refractivity contribution is 6.31. The zero-order valence-corrected chi connectivity index (χ0v) is 13.7. The number of hydrogen-bond donors (Lipinski definition) is 1. The SMILES string of the molecule is Cc1c(Cl)cccc1N1C(=O)NC2CC1(C)Oc1ccccc12. The predicted molar refractivity (Wildman–Crippen MR) is 90.0 cm³/mol. The van der Waals surface area contributed by atoms with Gasteiger partial charge in [-0.2, -0.15) is 0 Å². The quantitative estimate of drug-likeness (QED) is 0.842. The second-order valence-electron chi connectivity index (χ2n) is 6.24. The first kappa shape index (κ1) is 14.4. The summed E-state index contributed by atoms with van der Waals surface area (Å²) < 4.78 is 6.24. The Morgan fingerprint density at radius 3 is 2.87 bits per heavy atom. The molecule has 2 aromatic carbocycles. The van der Waals surface area contributed by atoms with Gasteiger partial charge >= 0.3 is 6.03 Å². The molecule has 1 N–H and O–H groups in total. The number of amides is 2. The van der Waals surface area contributed by atoms with Gasteiger partial charge in [-0.15, -0.1) is 0 Å². The summed E-state index contributed by atoms with van der Waals surface area (Å²) in [4.78, 5) is 14.5. The Morgan fingerprint density at radius 1 is 1.26 bits per heavy atom. The number of urea groups is 1. The van der Waals surface area contributed by atoms with E-state index in [-0.39, 0.29) is 12.1 Å². The maximum absolute atomic E-state index is 12.8. The van der Waals surface area contributed by atoms with E-state index >= 15 is 0 Å². The fourth-order valence-corrected chi connectivity index (χ4v) is 3.69. The monoisotopic (exact) mass is 328 g/mol. The molecule has 0 radical (unpaired) electrons. The zero-order chi connectivity index (χ0) is 16.2. The summed E-state index contributed by atoms with van der Waals surface area (Å²) in [5.74, 6) is 0.816. The lowest BCUT2D eigenvalue weighted by atomic mass is 9.90. The molecule has 2 aliphatic heterocycles. The standard InChI is InChI=1S/C18H17ClN2O2/c1-11-13(19)7-5-8-15(11)21-17(22)20-14-10-18(21,2)23-16-9-4-3-6-12(14)16/h3-9,14H,10H2,1-2H3,(H,20,22). The van der Waals surface area contributed by atoms with Crippen molar-refractivity contribution in [2.45, 2.75) is 32.0 Å². The van der Waals surface area contributed by atoms with Crippen molar-refractivity contribution in [3.8, 4) is 5.75 Å². The fraction of sp³-hybridized carbons (Fsp3) is 0.278. The highest BCUT2D eigenvalue weighted by Crippen LogP contribution is 2.46. The molecule has 1 saturated heterocycles. The average molecular weight is 329 g/mol. The van der Waals surface area contributed by atoms with Crippen molar-refractivity contribution in [3.05, 3.63) is 58.6 Å². The molecule has 2 heterocycles. The van der Waals surface area contributed by atoms with Crippen molar-refractivity contribution in [2.24, 2.45) is 0 Å². The van der Waals surface area contributed by atoms with E-state index in [9.17, 15) is 4.79 Å². The summed E-state index contributed by atoms with van der Waals surface area (Å²) in [6.45, 7) is 3.87. The molecule has 2 aromatic rings. The molecule has 1 fully saturated rings. The molecule has 4 nitrogen and oxygen atoms in total. The van der Waals surface area contributed by atoms with Gasteiger partial charge in [-0.25, -0.2) is 4.79 Å². The normalized spacial score (nSPS) is 25.4. The van der Waals surface area contributed by atoms with Crippen molar-refractivity contribution in [1.82, 2.24) is 5.32 Å². The van der Waals surface area contributed by atoms with Crippen molar-refractivity contribution in [1.29, 1.82) is 0 Å². The molecule has 2 unspecified atom stereocenters. The Labute approximate surface area is 140 Å². The van der Waals surface area contributed by atoms with Crippen molar-refractivity contribution in [3.63, 3.8) is 0 Å². The van der Waals surface area contributed by atoms with Crippen molar-refractivity contribution < 1.29 is 9.53 Å². The van der Waals surface area contributed by atoms with Gasteiger partial charge in [0.2, 0.25) is 0 Å². The molecule has 2 bridgehead atoms. The molecular formula is C18H17ClN2O2. The number of para-hydroxylation sites is 1. The molecular weight excluding hydrogens is 312 g/mol. The van der Waals surface area contributed by atoms with Crippen molar-refractivity contribution in [2.75, 3.05) is 4.90 Å². The minimum absolute atomic E-state index is 0.0341. The fourth-order valence-electron chi connectivity index (χ4n) is 3.53. The van der Waals surface area contributed by atoms with Crippen LogP contribution >= 0.6 is 11.6 Å². The average Bonchev–Trinajstić information content (AvgIpc) is 2.50. The number of nitrogens with zero attached hydrogens (tertiary/aromatic N) is 1. The number of halogens is 1. The van der Waals surface area contributed by atoms with Crippen LogP contribution in [0, 0.1) is 6.92 Å². The Kier molecular flexibility index (Phi) is 3.07. The van der Waals surface area contributed by atoms with E-state index in [2.05, 4.69) is 5.32 Å². The molecule has 0 aliphatic carbocycles. The van der Waals surface area contributed by atoms with Crippen LogP contribution in [0.25, 0.3) is 0 Å². The van der Waals surface area contributed by atoms with Crippen LogP contribution < -0.4 is 15.0 Å². The summed E-state index contributed by atoms with van der Waals surface area (Å²) in [6, 6.07) is 13.2. The second kappa shape index (κ2) is 4.90. The van der Waals surface area contributed by atoms with Crippen LogP contribution in [0.5, 0.6) is 5.75 Å². The van der Waals surface area contributed by atoms with E-state index in [4.69, 9.17) is 16.3 Å². The van der Waals surface area contributed by atoms with Gasteiger partial charge in [-0.1, -0.05) is 35.9 Å². The topological polar surface area (TPSA) is 41.6 Å². The van der Waals surface area contributed by atoms with Gasteiger partial charge in [0.15, 0.2) is 5.72 Å². The zero-order valence-electron chi connectivity index (χ0n) is 13.0. The van der Waals surface area contributed by atoms with Gasteiger partial charge in [0, 0.05) is 17.0 Å². The number of fused-ring (bicyclic) bond motifs is 4. The number of ether oxygens (including phenoxy) is 1. The smallest absolute Gasteiger partial charge is 0.325 e. The van der Waals surface area contributed by atoms with E-state index in [0.717, 1.165) is 22.6 Å². The van der Waals surface area contributed by atoms with Crippen LogP contribution in [0.4, 0.5) is 10.5 Å². The van der Waals surface area contributed by atoms with Crippen LogP contribution in [0.1, 0.15) is 30.5 Å². The van der Waals surface area contributed by atoms with Gasteiger partial charge in [0.1, 0.15) is 5.75 Å². The number of anilines is 1. The molecule has 2 atom stereocenters. The minimum atomic E-state index is -0.739. The highest BCUT2D eigenvalue weighted by atomic mass is 35.5. The maximum atomic E-state index is 12.8. The second-order valence-corrected chi connectivity index (χ2v) is 6.65. The molecule has 23 heavy (non-hydrogen) atoms. The largest absolute Gasteiger partial charge is 0.467 e. The first-order valence-electron chi connectivity index (χ1n) is 7.63. The summed E-state index contributed by atoms with van der Waals surface area (Å²) >= 11 is 6.24. The van der Waals surface area contributed by atoms with E-state index < -0.39 is 5.72 Å². The number of nitrogens with one attached hydrogen (secondary N) is 1. The number of carbonyl (C=O) groups excluding carboxylic acids is 1. The maximum Gasteiger partial charge on any atom is 0.325 e. The van der Waals surface area contributed by atoms with Gasteiger partial charge in [0.05, 0.1) is 11.7 Å². The Morgan fingerprint density at radius 2 is 2.04 bits per heavy atom. The van der Waals surface area contributed by atoms with Crippen LogP contribution in [-0.2, 0) is 0 Å². The molecule has 4 rings (SSSR count). The molecule has 118 valence electrons. The third-order valence-corrected chi connectivity index (χ3v) is 5.07. The molecule has 5 heteroatoms. The molecule has 2 aliphatic rings. The first-order valence-corrected chi connectivity index (χ1v) is 8.01. The third-order valence-electron chi connectivity index (χ3n) is 4.66. The van der Waals surface area contributed by atoms with E-state index in [1.807, 2.05) is 56.3 Å². The molecule has 0 aromatic heterocycles. The van der Waals surface area contributed by atoms with Crippen LogP contribution in [0.2, 0.25) is 5.02 Å². The van der Waals surface area contributed by atoms with Gasteiger partial charge in [0.25, 0.3) is 0 Å². The van der Waals surface area contributed by atoms with E-state index in [0.29, 0.717) is 11.4 Å². The van der Waals surface area contributed by atoms with Gasteiger partial charge in [-0.3, -0.25) is 4.90 Å². The summed E-state index contributed by atoms with van der Waals surface area (Å²) in [5, 5.41) is 3.72. The van der Waals surface area contributed by atoms with Crippen LogP contribution in [0.3, 0.4) is 0 Å². The summed E-state index contributed by atoms with van der Waals surface area (Å²) in [7, 11) is 0. The Hall–Kier alpha value is -2.20. The Balaban J connectivity index is 1.84. The Bertz CT molecular complexity index is 807. The highest BCUT2D eigenvalue weighted by Gasteiger charge is 2.50. The minimum Gasteiger partial charge on any atom is -0.467 e. The number of rotatable bonds is 1. The predicted octanol–water partition coefficient (Wildman–Crippen LogP) is 4.42. The first-order chi connectivity index (χ1) is 11.0.